The smallest absolute Gasteiger partial charge is 0.265 e. The molecule has 0 radical (unpaired) electrons. The van der Waals surface area contributed by atoms with Crippen LogP contribution in [0.3, 0.4) is 0 Å². The molecule has 2 heterocycles. The average Bonchev–Trinajstić information content (AvgIpc) is 2.54. The number of benzene rings is 1. The Labute approximate surface area is 131 Å². The van der Waals surface area contributed by atoms with Gasteiger partial charge in [0, 0.05) is 23.8 Å². The van der Waals surface area contributed by atoms with Crippen molar-refractivity contribution in [3.8, 4) is 0 Å². The van der Waals surface area contributed by atoms with E-state index in [4.69, 9.17) is 0 Å². The molecule has 0 spiro atoms. The summed E-state index contributed by atoms with van der Waals surface area (Å²) in [5.74, 6) is -1.04. The fraction of sp³-hybridized carbons (Fsp3) is 0.118. The van der Waals surface area contributed by atoms with Crippen molar-refractivity contribution < 1.29 is 9.18 Å². The van der Waals surface area contributed by atoms with Crippen LogP contribution in [-0.2, 0) is 6.54 Å². The second kappa shape index (κ2) is 6.00. The van der Waals surface area contributed by atoms with Crippen LogP contribution in [0, 0.1) is 5.82 Å². The molecule has 3 rings (SSSR count). The molecule has 0 unspecified atom stereocenters. The first-order chi connectivity index (χ1) is 11.1. The zero-order chi connectivity index (χ0) is 16.4. The van der Waals surface area contributed by atoms with Gasteiger partial charge in [0.15, 0.2) is 0 Å². The highest BCUT2D eigenvalue weighted by Gasteiger charge is 2.16. The number of aryl methyl sites for hydroxylation is 1. The van der Waals surface area contributed by atoms with Gasteiger partial charge in [-0.3, -0.25) is 14.2 Å². The molecule has 0 aliphatic rings. The molecule has 3 aromatic rings. The number of carbonyl (C=O) groups is 1. The molecule has 2 aromatic heterocycles. The van der Waals surface area contributed by atoms with Crippen LogP contribution in [0.5, 0.6) is 0 Å². The first-order valence-corrected chi connectivity index (χ1v) is 7.15. The minimum absolute atomic E-state index is 0.00314. The Balaban J connectivity index is 2.07. The summed E-state index contributed by atoms with van der Waals surface area (Å²) in [6.07, 6.45) is 1.60. The maximum Gasteiger partial charge on any atom is 0.265 e. The molecule has 0 bridgehead atoms. The number of carbonyl (C=O) groups excluding carboxylic acids is 1. The first-order valence-electron chi connectivity index (χ1n) is 7.15. The summed E-state index contributed by atoms with van der Waals surface area (Å²) in [4.78, 5) is 29.1. The maximum atomic E-state index is 13.2. The highest BCUT2D eigenvalue weighted by Crippen LogP contribution is 2.13. The van der Waals surface area contributed by atoms with Crippen molar-refractivity contribution in [2.24, 2.45) is 0 Å². The Morgan fingerprint density at radius 1 is 1.26 bits per heavy atom. The summed E-state index contributed by atoms with van der Waals surface area (Å²) in [5, 5.41) is 3.24. The number of halogens is 1. The summed E-state index contributed by atoms with van der Waals surface area (Å²) in [6, 6.07) is 10.5. The number of pyridine rings is 2. The molecule has 0 aliphatic carbocycles. The van der Waals surface area contributed by atoms with Crippen molar-refractivity contribution in [2.75, 3.05) is 5.32 Å². The number of hydrogen-bond acceptors (Lipinski definition) is 3. The van der Waals surface area contributed by atoms with Crippen LogP contribution in [0.1, 0.15) is 17.3 Å². The minimum Gasteiger partial charge on any atom is -0.322 e. The van der Waals surface area contributed by atoms with E-state index in [1.165, 1.54) is 28.8 Å². The zero-order valence-electron chi connectivity index (χ0n) is 12.4. The lowest BCUT2D eigenvalue weighted by Gasteiger charge is -2.10. The molecule has 0 saturated carbocycles. The average molecular weight is 311 g/mol. The highest BCUT2D eigenvalue weighted by atomic mass is 19.1. The molecule has 1 aromatic carbocycles. The summed E-state index contributed by atoms with van der Waals surface area (Å²) >= 11 is 0. The number of fused-ring (bicyclic) bond motifs is 1. The Morgan fingerprint density at radius 2 is 2.09 bits per heavy atom. The van der Waals surface area contributed by atoms with Gasteiger partial charge in [-0.25, -0.2) is 9.37 Å². The van der Waals surface area contributed by atoms with Gasteiger partial charge >= 0.3 is 0 Å². The number of nitrogens with one attached hydrogen (secondary N) is 1. The number of aromatic nitrogens is 2. The van der Waals surface area contributed by atoms with Crippen molar-refractivity contribution >= 4 is 22.6 Å². The molecule has 5 nitrogen and oxygen atoms in total. The van der Waals surface area contributed by atoms with Crippen molar-refractivity contribution in [2.45, 2.75) is 13.5 Å². The van der Waals surface area contributed by atoms with Crippen molar-refractivity contribution in [3.63, 3.8) is 0 Å². The topological polar surface area (TPSA) is 64.0 Å². The van der Waals surface area contributed by atoms with Gasteiger partial charge in [-0.2, -0.15) is 0 Å². The zero-order valence-corrected chi connectivity index (χ0v) is 12.4. The lowest BCUT2D eigenvalue weighted by molar-refractivity contribution is 0.102. The monoisotopic (exact) mass is 311 g/mol. The number of rotatable bonds is 3. The van der Waals surface area contributed by atoms with E-state index in [1.54, 1.807) is 24.4 Å². The van der Waals surface area contributed by atoms with Crippen LogP contribution in [0.15, 0.2) is 53.5 Å². The Bertz CT molecular complexity index is 950. The Kier molecular flexibility index (Phi) is 3.89. The predicted octanol–water partition coefficient (Wildman–Crippen LogP) is 2.81. The van der Waals surface area contributed by atoms with E-state index in [-0.39, 0.29) is 5.56 Å². The van der Waals surface area contributed by atoms with Crippen molar-refractivity contribution in [1.82, 2.24) is 9.55 Å². The summed E-state index contributed by atoms with van der Waals surface area (Å²) in [6.45, 7) is 2.21. The summed E-state index contributed by atoms with van der Waals surface area (Å²) in [7, 11) is 0. The lowest BCUT2D eigenvalue weighted by atomic mass is 10.2. The third kappa shape index (κ3) is 2.83. The van der Waals surface area contributed by atoms with Crippen LogP contribution < -0.4 is 10.9 Å². The maximum absolute atomic E-state index is 13.2. The normalized spacial score (nSPS) is 10.7. The van der Waals surface area contributed by atoms with E-state index in [0.29, 0.717) is 23.3 Å². The van der Waals surface area contributed by atoms with Gasteiger partial charge in [-0.05, 0) is 43.3 Å². The second-order valence-corrected chi connectivity index (χ2v) is 4.99. The molecule has 1 amide bonds. The van der Waals surface area contributed by atoms with Gasteiger partial charge in [0.1, 0.15) is 17.0 Å². The number of anilines is 1. The largest absolute Gasteiger partial charge is 0.322 e. The molecule has 23 heavy (non-hydrogen) atoms. The van der Waals surface area contributed by atoms with E-state index in [9.17, 15) is 14.0 Å². The fourth-order valence-electron chi connectivity index (χ4n) is 2.43. The molecular formula is C17H14FN3O2. The Hall–Kier alpha value is -3.02. The molecule has 0 fully saturated rings. The minimum atomic E-state index is -0.575. The second-order valence-electron chi connectivity index (χ2n) is 4.99. The van der Waals surface area contributed by atoms with E-state index >= 15 is 0 Å². The third-order valence-corrected chi connectivity index (χ3v) is 3.49. The fourth-order valence-corrected chi connectivity index (χ4v) is 2.43. The highest BCUT2D eigenvalue weighted by molar-refractivity contribution is 6.05. The van der Waals surface area contributed by atoms with E-state index in [1.807, 2.05) is 6.92 Å². The number of amides is 1. The van der Waals surface area contributed by atoms with Crippen LogP contribution in [-0.4, -0.2) is 15.5 Å². The van der Waals surface area contributed by atoms with Gasteiger partial charge < -0.3 is 5.32 Å². The molecule has 0 atom stereocenters. The van der Waals surface area contributed by atoms with Gasteiger partial charge in [-0.15, -0.1) is 0 Å². The van der Waals surface area contributed by atoms with E-state index in [0.717, 1.165) is 0 Å². The van der Waals surface area contributed by atoms with Crippen LogP contribution >= 0.6 is 0 Å². The quantitative estimate of drug-likeness (QED) is 0.809. The third-order valence-electron chi connectivity index (χ3n) is 3.49. The summed E-state index contributed by atoms with van der Waals surface area (Å²) in [5.41, 5.74) is 0.398. The van der Waals surface area contributed by atoms with Gasteiger partial charge in [0.25, 0.3) is 11.5 Å². The molecule has 116 valence electrons. The molecule has 6 heteroatoms. The number of nitrogens with zero attached hydrogens (tertiary/aromatic N) is 2. The van der Waals surface area contributed by atoms with Crippen molar-refractivity contribution in [1.29, 1.82) is 0 Å². The molecule has 1 N–H and O–H groups in total. The lowest BCUT2D eigenvalue weighted by Crippen LogP contribution is -2.29. The predicted molar refractivity (Wildman–Crippen MR) is 86.0 cm³/mol. The van der Waals surface area contributed by atoms with Gasteiger partial charge in [0.2, 0.25) is 0 Å². The van der Waals surface area contributed by atoms with Crippen LogP contribution in [0.4, 0.5) is 10.1 Å². The summed E-state index contributed by atoms with van der Waals surface area (Å²) < 4.78 is 14.6. The van der Waals surface area contributed by atoms with Crippen LogP contribution in [0.2, 0.25) is 0 Å². The van der Waals surface area contributed by atoms with E-state index in [2.05, 4.69) is 10.3 Å². The van der Waals surface area contributed by atoms with Crippen LogP contribution in [0.25, 0.3) is 11.0 Å². The van der Waals surface area contributed by atoms with Crippen molar-refractivity contribution in [3.05, 3.63) is 70.4 Å². The number of hydrogen-bond donors (Lipinski definition) is 1. The van der Waals surface area contributed by atoms with E-state index < -0.39 is 17.3 Å². The first kappa shape index (κ1) is 14.9. The standard InChI is InChI=1S/C17H14FN3O2/c1-2-21-15-11(5-4-8-19-15)9-14(17(21)23)16(22)20-13-7-3-6-12(18)10-13/h3-10H,2H2,1H3,(H,20,22). The molecular weight excluding hydrogens is 297 g/mol. The molecule has 0 aliphatic heterocycles. The molecule has 0 saturated heterocycles. The van der Waals surface area contributed by atoms with Gasteiger partial charge in [-0.1, -0.05) is 6.07 Å². The van der Waals surface area contributed by atoms with Gasteiger partial charge in [0.05, 0.1) is 0 Å². The Morgan fingerprint density at radius 3 is 2.83 bits per heavy atom. The SMILES string of the molecule is CCn1c(=O)c(C(=O)Nc2cccc(F)c2)cc2cccnc21.